The summed E-state index contributed by atoms with van der Waals surface area (Å²) in [6.07, 6.45) is 2.75. The number of hydrogen-bond acceptors (Lipinski definition) is 4. The molecule has 1 aromatic heterocycles. The Morgan fingerprint density at radius 3 is 3.00 bits per heavy atom. The first-order chi connectivity index (χ1) is 13.7. The molecule has 0 bridgehead atoms. The first-order valence-electron chi connectivity index (χ1n) is 9.38. The summed E-state index contributed by atoms with van der Waals surface area (Å²) < 4.78 is 0. The number of aromatic amines is 1. The largest absolute Gasteiger partial charge is 0.326 e. The molecular weight excluding hydrogens is 370 g/mol. The van der Waals surface area contributed by atoms with Crippen LogP contribution in [-0.4, -0.2) is 40.1 Å². The Bertz CT molecular complexity index is 1100. The second-order valence-corrected chi connectivity index (χ2v) is 8.08. The van der Waals surface area contributed by atoms with Gasteiger partial charge in [0.2, 0.25) is 0 Å². The van der Waals surface area contributed by atoms with Crippen molar-refractivity contribution in [1.82, 2.24) is 20.4 Å². The summed E-state index contributed by atoms with van der Waals surface area (Å²) >= 11 is 1.75. The van der Waals surface area contributed by atoms with Gasteiger partial charge in [0.1, 0.15) is 0 Å². The van der Waals surface area contributed by atoms with Crippen molar-refractivity contribution in [3.8, 4) is 11.1 Å². The van der Waals surface area contributed by atoms with E-state index >= 15 is 0 Å². The lowest BCUT2D eigenvalue weighted by Gasteiger charge is -2.23. The van der Waals surface area contributed by atoms with E-state index in [1.807, 2.05) is 35.4 Å². The van der Waals surface area contributed by atoms with Gasteiger partial charge in [0, 0.05) is 41.2 Å². The molecule has 3 heterocycles. The number of thioether (sulfide) groups is 1. The molecule has 0 fully saturated rings. The van der Waals surface area contributed by atoms with E-state index < -0.39 is 0 Å². The topological polar surface area (TPSA) is 73.1 Å². The summed E-state index contributed by atoms with van der Waals surface area (Å²) in [6, 6.07) is 12.1. The van der Waals surface area contributed by atoms with Gasteiger partial charge in [-0.3, -0.25) is 10.00 Å². The minimum Gasteiger partial charge on any atom is -0.312 e. The van der Waals surface area contributed by atoms with Gasteiger partial charge in [-0.15, -0.1) is 11.8 Å². The molecule has 5 rings (SSSR count). The predicted octanol–water partition coefficient (Wildman–Crippen LogP) is 4.28. The SMILES string of the molecule is Cc1c(NC(=O)N2CSC3=C2CCNC3)cccc1-c1cccc2[nH]ncc12. The van der Waals surface area contributed by atoms with Gasteiger partial charge in [-0.2, -0.15) is 5.10 Å². The second-order valence-electron chi connectivity index (χ2n) is 7.04. The number of nitrogens with zero attached hydrogens (tertiary/aromatic N) is 2. The van der Waals surface area contributed by atoms with E-state index in [1.54, 1.807) is 11.8 Å². The minimum atomic E-state index is -0.0545. The van der Waals surface area contributed by atoms with Crippen LogP contribution in [0.4, 0.5) is 10.5 Å². The number of aromatic nitrogens is 2. The van der Waals surface area contributed by atoms with Gasteiger partial charge >= 0.3 is 6.03 Å². The van der Waals surface area contributed by atoms with Crippen LogP contribution in [0.2, 0.25) is 0 Å². The number of fused-ring (bicyclic) bond motifs is 1. The first kappa shape index (κ1) is 17.3. The maximum Gasteiger partial charge on any atom is 0.326 e. The number of rotatable bonds is 2. The number of hydrogen-bond donors (Lipinski definition) is 3. The maximum atomic E-state index is 13.0. The van der Waals surface area contributed by atoms with Crippen LogP contribution >= 0.6 is 11.8 Å². The lowest BCUT2D eigenvalue weighted by molar-refractivity contribution is 0.229. The monoisotopic (exact) mass is 391 g/mol. The highest BCUT2D eigenvalue weighted by Crippen LogP contribution is 2.36. The Kier molecular flexibility index (Phi) is 4.33. The summed E-state index contributed by atoms with van der Waals surface area (Å²) in [6.45, 7) is 3.84. The maximum absolute atomic E-state index is 13.0. The van der Waals surface area contributed by atoms with Crippen LogP contribution in [-0.2, 0) is 0 Å². The fraction of sp³-hybridized carbons (Fsp3) is 0.238. The summed E-state index contributed by atoms with van der Waals surface area (Å²) in [5.74, 6) is 0.686. The van der Waals surface area contributed by atoms with Gasteiger partial charge in [-0.1, -0.05) is 24.3 Å². The highest BCUT2D eigenvalue weighted by atomic mass is 32.2. The van der Waals surface area contributed by atoms with E-state index in [1.165, 1.54) is 10.6 Å². The van der Waals surface area contributed by atoms with Crippen LogP contribution in [0, 0.1) is 6.92 Å². The van der Waals surface area contributed by atoms with Crippen molar-refractivity contribution in [2.24, 2.45) is 0 Å². The lowest BCUT2D eigenvalue weighted by atomic mass is 9.96. The van der Waals surface area contributed by atoms with Gasteiger partial charge in [0.25, 0.3) is 0 Å². The van der Waals surface area contributed by atoms with Crippen molar-refractivity contribution in [1.29, 1.82) is 0 Å². The lowest BCUT2D eigenvalue weighted by Crippen LogP contribution is -2.35. The number of H-pyrrole nitrogens is 1. The van der Waals surface area contributed by atoms with Crippen molar-refractivity contribution in [2.45, 2.75) is 13.3 Å². The molecule has 0 unspecified atom stereocenters. The quantitative estimate of drug-likeness (QED) is 0.610. The molecule has 28 heavy (non-hydrogen) atoms. The molecule has 2 aliphatic heterocycles. The third-order valence-electron chi connectivity index (χ3n) is 5.44. The molecule has 0 saturated carbocycles. The van der Waals surface area contributed by atoms with E-state index in [2.05, 4.69) is 39.9 Å². The van der Waals surface area contributed by atoms with Crippen LogP contribution in [0.15, 0.2) is 53.2 Å². The highest BCUT2D eigenvalue weighted by Gasteiger charge is 2.29. The standard InChI is InChI=1S/C21H21N5OS/c1-13-14(15-5-3-7-18-16(15)10-23-25-18)4-2-6-17(13)24-21(27)26-12-28-20-11-22-9-8-19(20)26/h2-7,10,22H,8-9,11-12H2,1H3,(H,23,25)(H,24,27). The molecule has 2 aromatic carbocycles. The van der Waals surface area contributed by atoms with Gasteiger partial charge < -0.3 is 10.6 Å². The number of carbonyl (C=O) groups is 1. The number of nitrogens with one attached hydrogen (secondary N) is 3. The van der Waals surface area contributed by atoms with Crippen LogP contribution in [0.1, 0.15) is 12.0 Å². The summed E-state index contributed by atoms with van der Waals surface area (Å²) in [4.78, 5) is 16.1. The summed E-state index contributed by atoms with van der Waals surface area (Å²) in [7, 11) is 0. The average molecular weight is 392 g/mol. The second kappa shape index (κ2) is 7.00. The van der Waals surface area contributed by atoms with Crippen molar-refractivity contribution < 1.29 is 4.79 Å². The molecule has 0 aliphatic carbocycles. The van der Waals surface area contributed by atoms with E-state index in [0.29, 0.717) is 5.88 Å². The highest BCUT2D eigenvalue weighted by molar-refractivity contribution is 8.03. The van der Waals surface area contributed by atoms with E-state index in [-0.39, 0.29) is 6.03 Å². The summed E-state index contributed by atoms with van der Waals surface area (Å²) in [5.41, 5.74) is 6.28. The van der Waals surface area contributed by atoms with E-state index in [0.717, 1.165) is 52.8 Å². The zero-order valence-corrected chi connectivity index (χ0v) is 16.4. The van der Waals surface area contributed by atoms with Gasteiger partial charge in [0.05, 0.1) is 17.6 Å². The van der Waals surface area contributed by atoms with Crippen LogP contribution in [0.25, 0.3) is 22.0 Å². The molecule has 0 saturated heterocycles. The molecule has 3 N–H and O–H groups in total. The predicted molar refractivity (Wildman–Crippen MR) is 114 cm³/mol. The van der Waals surface area contributed by atoms with E-state index in [4.69, 9.17) is 0 Å². The summed E-state index contributed by atoms with van der Waals surface area (Å²) in [5, 5.41) is 14.8. The Labute approximate surface area is 167 Å². The van der Waals surface area contributed by atoms with Gasteiger partial charge in [-0.05, 0) is 35.7 Å². The molecule has 0 atom stereocenters. The third-order valence-corrected chi connectivity index (χ3v) is 6.55. The molecular formula is C21H21N5OS. The normalized spacial score (nSPS) is 16.5. The van der Waals surface area contributed by atoms with Gasteiger partial charge in [0.15, 0.2) is 0 Å². The van der Waals surface area contributed by atoms with Crippen molar-refractivity contribution in [2.75, 3.05) is 24.3 Å². The number of anilines is 1. The van der Waals surface area contributed by atoms with Gasteiger partial charge in [-0.25, -0.2) is 4.79 Å². The number of amides is 2. The molecule has 0 radical (unpaired) electrons. The Morgan fingerprint density at radius 2 is 2.07 bits per heavy atom. The Balaban J connectivity index is 1.46. The van der Waals surface area contributed by atoms with E-state index in [9.17, 15) is 4.79 Å². The first-order valence-corrected chi connectivity index (χ1v) is 10.4. The van der Waals surface area contributed by atoms with Crippen LogP contribution in [0.5, 0.6) is 0 Å². The molecule has 2 amide bonds. The minimum absolute atomic E-state index is 0.0545. The van der Waals surface area contributed by atoms with Crippen molar-refractivity contribution >= 4 is 34.4 Å². The molecule has 3 aromatic rings. The zero-order chi connectivity index (χ0) is 19.1. The molecule has 142 valence electrons. The third kappa shape index (κ3) is 2.87. The fourth-order valence-corrected chi connectivity index (χ4v) is 5.06. The average Bonchev–Trinajstić information content (AvgIpc) is 3.36. The van der Waals surface area contributed by atoms with Crippen LogP contribution < -0.4 is 10.6 Å². The smallest absolute Gasteiger partial charge is 0.312 e. The number of urea groups is 1. The zero-order valence-electron chi connectivity index (χ0n) is 15.6. The fourth-order valence-electron chi connectivity index (χ4n) is 3.92. The van der Waals surface area contributed by atoms with Crippen LogP contribution in [0.3, 0.4) is 0 Å². The van der Waals surface area contributed by atoms with Crippen molar-refractivity contribution in [3.05, 3.63) is 58.8 Å². The number of carbonyl (C=O) groups excluding carboxylic acids is 1. The Hall–Kier alpha value is -2.77. The molecule has 0 spiro atoms. The van der Waals surface area contributed by atoms with Crippen molar-refractivity contribution in [3.63, 3.8) is 0 Å². The molecule has 2 aliphatic rings. The molecule has 6 nitrogen and oxygen atoms in total. The number of benzene rings is 2. The Morgan fingerprint density at radius 1 is 1.21 bits per heavy atom. The molecule has 7 heteroatoms.